The molecular formula is C16H20N2O2S. The van der Waals surface area contributed by atoms with Gasteiger partial charge in [0.05, 0.1) is 11.2 Å². The van der Waals surface area contributed by atoms with Crippen LogP contribution in [-0.2, 0) is 0 Å². The van der Waals surface area contributed by atoms with E-state index in [1.807, 2.05) is 11.6 Å². The van der Waals surface area contributed by atoms with Crippen LogP contribution in [0, 0.1) is 6.92 Å². The van der Waals surface area contributed by atoms with E-state index in [4.69, 9.17) is 9.47 Å². The summed E-state index contributed by atoms with van der Waals surface area (Å²) in [6.45, 7) is 7.64. The highest BCUT2D eigenvalue weighted by Crippen LogP contribution is 2.33. The highest BCUT2D eigenvalue weighted by Gasteiger charge is 2.17. The number of ether oxygens (including phenoxy) is 2. The van der Waals surface area contributed by atoms with Crippen LogP contribution in [0.5, 0.6) is 11.5 Å². The molecule has 112 valence electrons. The molecule has 3 rings (SSSR count). The van der Waals surface area contributed by atoms with Crippen molar-refractivity contribution in [2.75, 3.05) is 13.2 Å². The van der Waals surface area contributed by atoms with E-state index in [0.29, 0.717) is 13.2 Å². The number of nitrogens with one attached hydrogen (secondary N) is 1. The van der Waals surface area contributed by atoms with Gasteiger partial charge in [-0.05, 0) is 38.5 Å². The summed E-state index contributed by atoms with van der Waals surface area (Å²) in [4.78, 5) is 5.61. The molecule has 0 saturated carbocycles. The summed E-state index contributed by atoms with van der Waals surface area (Å²) in [5, 5.41) is 3.62. The van der Waals surface area contributed by atoms with Gasteiger partial charge < -0.3 is 14.8 Å². The zero-order valence-electron chi connectivity index (χ0n) is 12.6. The summed E-state index contributed by atoms with van der Waals surface area (Å²) in [6, 6.07) is 6.67. The third kappa shape index (κ3) is 3.04. The molecule has 2 aromatic rings. The fourth-order valence-corrected chi connectivity index (χ4v) is 3.42. The maximum absolute atomic E-state index is 5.65. The lowest BCUT2D eigenvalue weighted by molar-refractivity contribution is 0.171. The number of hydrogen-bond donors (Lipinski definition) is 1. The van der Waals surface area contributed by atoms with Crippen LogP contribution >= 0.6 is 11.3 Å². The molecule has 5 heteroatoms. The molecule has 1 N–H and O–H groups in total. The lowest BCUT2D eigenvalue weighted by Crippen LogP contribution is -2.23. The van der Waals surface area contributed by atoms with Crippen LogP contribution in [0.15, 0.2) is 23.7 Å². The van der Waals surface area contributed by atoms with Gasteiger partial charge in [0.15, 0.2) is 11.5 Å². The zero-order valence-corrected chi connectivity index (χ0v) is 13.4. The molecule has 2 atom stereocenters. The van der Waals surface area contributed by atoms with Crippen LogP contribution in [0.25, 0.3) is 0 Å². The minimum atomic E-state index is 0.234. The largest absolute Gasteiger partial charge is 0.486 e. The average molecular weight is 304 g/mol. The first-order chi connectivity index (χ1) is 10.1. The van der Waals surface area contributed by atoms with Gasteiger partial charge >= 0.3 is 0 Å². The van der Waals surface area contributed by atoms with Gasteiger partial charge in [-0.3, -0.25) is 0 Å². The summed E-state index contributed by atoms with van der Waals surface area (Å²) in [5.41, 5.74) is 4.21. The number of fused-ring (bicyclic) bond motifs is 1. The first-order valence-corrected chi connectivity index (χ1v) is 8.08. The molecule has 2 heterocycles. The quantitative estimate of drug-likeness (QED) is 0.936. The number of nitrogens with zero attached hydrogens (tertiary/aromatic N) is 1. The molecule has 2 unspecified atom stereocenters. The summed E-state index contributed by atoms with van der Waals surface area (Å²) >= 11 is 1.70. The Balaban J connectivity index is 1.73. The topological polar surface area (TPSA) is 43.4 Å². The molecule has 0 aliphatic carbocycles. The molecule has 1 aromatic heterocycles. The molecule has 21 heavy (non-hydrogen) atoms. The normalized spacial score (nSPS) is 16.5. The fraction of sp³-hybridized carbons (Fsp3) is 0.438. The lowest BCUT2D eigenvalue weighted by atomic mass is 10.1. The number of hydrogen-bond acceptors (Lipinski definition) is 5. The van der Waals surface area contributed by atoms with E-state index in [1.165, 1.54) is 10.4 Å². The highest BCUT2D eigenvalue weighted by molar-refractivity contribution is 7.09. The van der Waals surface area contributed by atoms with Crippen molar-refractivity contribution in [3.05, 3.63) is 39.8 Å². The monoisotopic (exact) mass is 304 g/mol. The molecule has 1 aromatic carbocycles. The van der Waals surface area contributed by atoms with Gasteiger partial charge in [0.2, 0.25) is 0 Å². The third-order valence-corrected chi connectivity index (χ3v) is 4.86. The number of thiazole rings is 1. The third-order valence-electron chi connectivity index (χ3n) is 3.74. The first kappa shape index (κ1) is 14.4. The van der Waals surface area contributed by atoms with E-state index >= 15 is 0 Å². The Labute approximate surface area is 129 Å². The predicted molar refractivity (Wildman–Crippen MR) is 84.2 cm³/mol. The second kappa shape index (κ2) is 6.03. The Kier molecular flexibility index (Phi) is 4.12. The molecule has 0 spiro atoms. The van der Waals surface area contributed by atoms with Gasteiger partial charge in [0, 0.05) is 17.0 Å². The SMILES string of the molecule is Cc1ncsc1C(C)NC(C)c1ccc2c(c1)OCCO2. The highest BCUT2D eigenvalue weighted by atomic mass is 32.1. The minimum absolute atomic E-state index is 0.234. The standard InChI is InChI=1S/C16H20N2O2S/c1-10(18-12(3)16-11(2)17-9-21-16)13-4-5-14-15(8-13)20-7-6-19-14/h4-5,8-10,12,18H,6-7H2,1-3H3. The van der Waals surface area contributed by atoms with Crippen LogP contribution in [0.4, 0.5) is 0 Å². The van der Waals surface area contributed by atoms with Crippen LogP contribution < -0.4 is 14.8 Å². The molecular weight excluding hydrogens is 284 g/mol. The summed E-state index contributed by atoms with van der Waals surface area (Å²) in [5.74, 6) is 1.68. The van der Waals surface area contributed by atoms with E-state index in [0.717, 1.165) is 17.2 Å². The second-order valence-corrected chi connectivity index (χ2v) is 6.20. The molecule has 0 fully saturated rings. The Bertz CT molecular complexity index is 626. The van der Waals surface area contributed by atoms with Crippen LogP contribution in [0.3, 0.4) is 0 Å². The molecule has 0 amide bonds. The predicted octanol–water partition coefficient (Wildman–Crippen LogP) is 3.63. The van der Waals surface area contributed by atoms with Crippen molar-refractivity contribution in [3.8, 4) is 11.5 Å². The molecule has 0 saturated heterocycles. The smallest absolute Gasteiger partial charge is 0.161 e. The number of aromatic nitrogens is 1. The summed E-state index contributed by atoms with van der Waals surface area (Å²) in [7, 11) is 0. The van der Waals surface area contributed by atoms with E-state index in [9.17, 15) is 0 Å². The van der Waals surface area contributed by atoms with Crippen molar-refractivity contribution in [2.24, 2.45) is 0 Å². The average Bonchev–Trinajstić information content (AvgIpc) is 2.93. The van der Waals surface area contributed by atoms with Gasteiger partial charge in [-0.15, -0.1) is 11.3 Å². The minimum Gasteiger partial charge on any atom is -0.486 e. The van der Waals surface area contributed by atoms with Gasteiger partial charge in [-0.2, -0.15) is 0 Å². The van der Waals surface area contributed by atoms with Crippen molar-refractivity contribution >= 4 is 11.3 Å². The van der Waals surface area contributed by atoms with Gasteiger partial charge in [-0.1, -0.05) is 6.07 Å². The Morgan fingerprint density at radius 3 is 2.62 bits per heavy atom. The number of aryl methyl sites for hydroxylation is 1. The van der Waals surface area contributed by atoms with Crippen molar-refractivity contribution in [1.82, 2.24) is 10.3 Å². The molecule has 1 aliphatic heterocycles. The van der Waals surface area contributed by atoms with Crippen LogP contribution in [0.1, 0.15) is 42.1 Å². The van der Waals surface area contributed by atoms with Crippen molar-refractivity contribution in [3.63, 3.8) is 0 Å². The van der Waals surface area contributed by atoms with E-state index < -0.39 is 0 Å². The lowest BCUT2D eigenvalue weighted by Gasteiger charge is -2.23. The number of rotatable bonds is 4. The van der Waals surface area contributed by atoms with Gasteiger partial charge in [-0.25, -0.2) is 4.98 Å². The molecule has 4 nitrogen and oxygen atoms in total. The van der Waals surface area contributed by atoms with E-state index in [2.05, 4.69) is 43.2 Å². The summed E-state index contributed by atoms with van der Waals surface area (Å²) in [6.07, 6.45) is 0. The van der Waals surface area contributed by atoms with Crippen LogP contribution in [-0.4, -0.2) is 18.2 Å². The maximum Gasteiger partial charge on any atom is 0.161 e. The van der Waals surface area contributed by atoms with Gasteiger partial charge in [0.1, 0.15) is 13.2 Å². The molecule has 0 radical (unpaired) electrons. The summed E-state index contributed by atoms with van der Waals surface area (Å²) < 4.78 is 11.2. The Hall–Kier alpha value is -1.59. The Morgan fingerprint density at radius 1 is 1.14 bits per heavy atom. The fourth-order valence-electron chi connectivity index (χ4n) is 2.60. The molecule has 1 aliphatic rings. The van der Waals surface area contributed by atoms with Crippen molar-refractivity contribution in [1.29, 1.82) is 0 Å². The Morgan fingerprint density at radius 2 is 1.90 bits per heavy atom. The van der Waals surface area contributed by atoms with Crippen molar-refractivity contribution < 1.29 is 9.47 Å². The van der Waals surface area contributed by atoms with Crippen LogP contribution in [0.2, 0.25) is 0 Å². The molecule has 0 bridgehead atoms. The second-order valence-electron chi connectivity index (χ2n) is 5.32. The maximum atomic E-state index is 5.65. The first-order valence-electron chi connectivity index (χ1n) is 7.20. The van der Waals surface area contributed by atoms with E-state index in [-0.39, 0.29) is 12.1 Å². The van der Waals surface area contributed by atoms with Crippen molar-refractivity contribution in [2.45, 2.75) is 32.9 Å². The zero-order chi connectivity index (χ0) is 14.8. The number of benzene rings is 1. The van der Waals surface area contributed by atoms with Gasteiger partial charge in [0.25, 0.3) is 0 Å². The van der Waals surface area contributed by atoms with E-state index in [1.54, 1.807) is 11.3 Å².